The summed E-state index contributed by atoms with van der Waals surface area (Å²) >= 11 is 0. The van der Waals surface area contributed by atoms with E-state index < -0.39 is 17.8 Å². The van der Waals surface area contributed by atoms with Crippen LogP contribution in [-0.4, -0.2) is 40.5 Å². The molecule has 1 saturated heterocycles. The summed E-state index contributed by atoms with van der Waals surface area (Å²) in [4.78, 5) is 45.2. The van der Waals surface area contributed by atoms with E-state index in [1.165, 1.54) is 12.3 Å². The first kappa shape index (κ1) is 23.0. The highest BCUT2D eigenvalue weighted by molar-refractivity contribution is 6.39. The molecule has 1 fully saturated rings. The Bertz CT molecular complexity index is 1270. The van der Waals surface area contributed by atoms with Crippen molar-refractivity contribution in [2.24, 2.45) is 0 Å². The third-order valence-corrected chi connectivity index (χ3v) is 6.01. The van der Waals surface area contributed by atoms with Crippen molar-refractivity contribution >= 4 is 35.3 Å². The van der Waals surface area contributed by atoms with Crippen LogP contribution in [0.1, 0.15) is 30.8 Å². The molecule has 0 unspecified atom stereocenters. The van der Waals surface area contributed by atoms with Crippen molar-refractivity contribution in [2.45, 2.75) is 27.7 Å². The Morgan fingerprint density at radius 1 is 1.00 bits per heavy atom. The molecule has 1 N–H and O–H groups in total. The van der Waals surface area contributed by atoms with Crippen LogP contribution in [0, 0.1) is 13.8 Å². The van der Waals surface area contributed by atoms with Crippen molar-refractivity contribution < 1.29 is 14.4 Å². The minimum Gasteiger partial charge on any atom is -0.372 e. The average Bonchev–Trinajstić information content (AvgIpc) is 3.11. The highest BCUT2D eigenvalue weighted by Gasteiger charge is 2.37. The Kier molecular flexibility index (Phi) is 6.32. The molecule has 3 aromatic rings. The second-order valence-corrected chi connectivity index (χ2v) is 8.02. The molecule has 1 aliphatic rings. The second-order valence-electron chi connectivity index (χ2n) is 8.02. The van der Waals surface area contributed by atoms with Gasteiger partial charge in [-0.1, -0.05) is 0 Å². The number of nitrogens with zero attached hydrogens (tertiary/aromatic N) is 4. The average molecular weight is 458 g/mol. The molecule has 2 aromatic heterocycles. The number of carbonyl (C=O) groups excluding carboxylic acids is 3. The molecule has 34 heavy (non-hydrogen) atoms. The lowest BCUT2D eigenvalue weighted by Gasteiger charge is -2.26. The van der Waals surface area contributed by atoms with Gasteiger partial charge in [-0.3, -0.25) is 19.9 Å². The molecule has 0 saturated carbocycles. The lowest BCUT2D eigenvalue weighted by molar-refractivity contribution is -0.122. The molecule has 0 spiro atoms. The van der Waals surface area contributed by atoms with Crippen LogP contribution in [0.5, 0.6) is 0 Å². The number of barbiturate groups is 1. The Morgan fingerprint density at radius 2 is 1.71 bits per heavy atom. The molecule has 8 nitrogen and oxygen atoms in total. The number of hydrogen-bond acceptors (Lipinski definition) is 5. The molecule has 4 rings (SSSR count). The van der Waals surface area contributed by atoms with E-state index in [0.29, 0.717) is 5.69 Å². The van der Waals surface area contributed by atoms with Crippen LogP contribution < -0.4 is 15.1 Å². The van der Waals surface area contributed by atoms with E-state index >= 15 is 0 Å². The van der Waals surface area contributed by atoms with Gasteiger partial charge in [-0.25, -0.2) is 9.69 Å². The standard InChI is InChI=1S/C26H27N5O3/c1-5-29(6-2)20-9-11-21(12-10-20)30-17(3)14-19(18(30)4)15-23-24(32)28-26(34)31(25(23)33)22-8-7-13-27-16-22/h7-16H,5-6H2,1-4H3,(H,28,32,34)/b23-15+. The number of aromatic nitrogens is 2. The zero-order chi connectivity index (χ0) is 24.4. The summed E-state index contributed by atoms with van der Waals surface area (Å²) < 4.78 is 2.08. The molecule has 4 amide bonds. The number of rotatable bonds is 6. The Labute approximate surface area is 198 Å². The van der Waals surface area contributed by atoms with Gasteiger partial charge in [0.05, 0.1) is 11.9 Å². The molecule has 0 radical (unpaired) electrons. The molecule has 0 bridgehead atoms. The van der Waals surface area contributed by atoms with Crippen LogP contribution in [0.4, 0.5) is 16.2 Å². The van der Waals surface area contributed by atoms with Crippen LogP contribution in [0.2, 0.25) is 0 Å². The quantitative estimate of drug-likeness (QED) is 0.447. The Balaban J connectivity index is 1.70. The Hall–Kier alpha value is -4.20. The molecule has 8 heteroatoms. The van der Waals surface area contributed by atoms with E-state index in [1.807, 2.05) is 19.9 Å². The van der Waals surface area contributed by atoms with Crippen molar-refractivity contribution in [1.29, 1.82) is 0 Å². The summed E-state index contributed by atoms with van der Waals surface area (Å²) in [5, 5.41) is 2.25. The number of aryl methyl sites for hydroxylation is 1. The van der Waals surface area contributed by atoms with Crippen molar-refractivity contribution in [3.63, 3.8) is 0 Å². The number of anilines is 2. The largest absolute Gasteiger partial charge is 0.372 e. The van der Waals surface area contributed by atoms with Gasteiger partial charge in [-0.2, -0.15) is 0 Å². The highest BCUT2D eigenvalue weighted by atomic mass is 16.2. The summed E-state index contributed by atoms with van der Waals surface area (Å²) in [5.74, 6) is -1.40. The van der Waals surface area contributed by atoms with Crippen LogP contribution in [0.3, 0.4) is 0 Å². The van der Waals surface area contributed by atoms with Gasteiger partial charge in [0.2, 0.25) is 0 Å². The molecular weight excluding hydrogens is 430 g/mol. The topological polar surface area (TPSA) is 87.5 Å². The van der Waals surface area contributed by atoms with Crippen molar-refractivity contribution in [3.05, 3.63) is 77.4 Å². The summed E-state index contributed by atoms with van der Waals surface area (Å²) in [6.07, 6.45) is 4.48. The maximum Gasteiger partial charge on any atom is 0.336 e. The number of carbonyl (C=O) groups is 3. The van der Waals surface area contributed by atoms with Gasteiger partial charge in [-0.05, 0) is 81.8 Å². The van der Waals surface area contributed by atoms with Gasteiger partial charge in [0.25, 0.3) is 11.8 Å². The Morgan fingerprint density at radius 3 is 2.32 bits per heavy atom. The molecule has 0 atom stereocenters. The minimum atomic E-state index is -0.793. The normalized spacial score (nSPS) is 15.1. The maximum absolute atomic E-state index is 13.1. The van der Waals surface area contributed by atoms with E-state index in [0.717, 1.165) is 46.3 Å². The van der Waals surface area contributed by atoms with E-state index in [1.54, 1.807) is 18.3 Å². The second kappa shape index (κ2) is 9.35. The zero-order valence-corrected chi connectivity index (χ0v) is 19.7. The fourth-order valence-corrected chi connectivity index (χ4v) is 4.27. The first-order chi connectivity index (χ1) is 16.3. The number of nitrogens with one attached hydrogen (secondary N) is 1. The minimum absolute atomic E-state index is 0.111. The van der Waals surface area contributed by atoms with Gasteiger partial charge in [0.15, 0.2) is 0 Å². The van der Waals surface area contributed by atoms with Gasteiger partial charge in [0.1, 0.15) is 5.57 Å². The van der Waals surface area contributed by atoms with Crippen LogP contribution in [-0.2, 0) is 9.59 Å². The molecular formula is C26H27N5O3. The van der Waals surface area contributed by atoms with Gasteiger partial charge < -0.3 is 9.47 Å². The van der Waals surface area contributed by atoms with Gasteiger partial charge in [0, 0.05) is 42.0 Å². The summed E-state index contributed by atoms with van der Waals surface area (Å²) in [6.45, 7) is 10.0. The predicted octanol–water partition coefficient (Wildman–Crippen LogP) is 4.00. The lowest BCUT2D eigenvalue weighted by Crippen LogP contribution is -2.54. The van der Waals surface area contributed by atoms with E-state index in [4.69, 9.17) is 0 Å². The summed E-state index contributed by atoms with van der Waals surface area (Å²) in [5.41, 5.74) is 4.90. The number of hydrogen-bond donors (Lipinski definition) is 1. The smallest absolute Gasteiger partial charge is 0.336 e. The van der Waals surface area contributed by atoms with Gasteiger partial charge in [-0.15, -0.1) is 0 Å². The third kappa shape index (κ3) is 4.10. The number of imide groups is 2. The van der Waals surface area contributed by atoms with E-state index in [2.05, 4.69) is 57.9 Å². The van der Waals surface area contributed by atoms with Crippen LogP contribution in [0.25, 0.3) is 11.8 Å². The first-order valence-electron chi connectivity index (χ1n) is 11.2. The molecule has 0 aliphatic carbocycles. The number of pyridine rings is 1. The monoisotopic (exact) mass is 457 g/mol. The van der Waals surface area contributed by atoms with E-state index in [-0.39, 0.29) is 5.57 Å². The molecule has 1 aromatic carbocycles. The first-order valence-corrected chi connectivity index (χ1v) is 11.2. The predicted molar refractivity (Wildman–Crippen MR) is 132 cm³/mol. The summed E-state index contributed by atoms with van der Waals surface area (Å²) in [6, 6.07) is 12.6. The maximum atomic E-state index is 13.1. The summed E-state index contributed by atoms with van der Waals surface area (Å²) in [7, 11) is 0. The molecule has 3 heterocycles. The fourth-order valence-electron chi connectivity index (χ4n) is 4.27. The molecule has 174 valence electrons. The van der Waals surface area contributed by atoms with E-state index in [9.17, 15) is 14.4 Å². The number of amides is 4. The SMILES string of the molecule is CCN(CC)c1ccc(-n2c(C)cc(/C=C3\C(=O)NC(=O)N(c4cccnc4)C3=O)c2C)cc1. The zero-order valence-electron chi connectivity index (χ0n) is 19.7. The number of urea groups is 1. The fraction of sp³-hybridized carbons (Fsp3) is 0.231. The van der Waals surface area contributed by atoms with Crippen molar-refractivity contribution in [3.8, 4) is 5.69 Å². The van der Waals surface area contributed by atoms with Crippen LogP contribution >= 0.6 is 0 Å². The lowest BCUT2D eigenvalue weighted by atomic mass is 10.1. The van der Waals surface area contributed by atoms with Crippen molar-refractivity contribution in [2.75, 3.05) is 22.9 Å². The highest BCUT2D eigenvalue weighted by Crippen LogP contribution is 2.27. The van der Waals surface area contributed by atoms with Crippen LogP contribution in [0.15, 0.2) is 60.4 Å². The third-order valence-electron chi connectivity index (χ3n) is 6.01. The molecule has 1 aliphatic heterocycles. The van der Waals surface area contributed by atoms with Crippen molar-refractivity contribution in [1.82, 2.24) is 14.9 Å². The number of benzene rings is 1. The van der Waals surface area contributed by atoms with Gasteiger partial charge >= 0.3 is 6.03 Å².